The molecule has 0 spiro atoms. The van der Waals surface area contributed by atoms with Crippen molar-refractivity contribution in [2.75, 3.05) is 6.54 Å². The van der Waals surface area contributed by atoms with Crippen molar-refractivity contribution in [3.05, 3.63) is 35.9 Å². The summed E-state index contributed by atoms with van der Waals surface area (Å²) in [6.07, 6.45) is 1.32. The van der Waals surface area contributed by atoms with Crippen LogP contribution in [-0.4, -0.2) is 44.0 Å². The number of hydrogen-bond acceptors (Lipinski definition) is 5. The van der Waals surface area contributed by atoms with Crippen LogP contribution in [0.1, 0.15) is 38.7 Å². The molecule has 166 valence electrons. The van der Waals surface area contributed by atoms with Crippen molar-refractivity contribution in [2.45, 2.75) is 51.8 Å². The zero-order valence-electron chi connectivity index (χ0n) is 17.8. The van der Waals surface area contributed by atoms with Gasteiger partial charge in [-0.1, -0.05) is 44.2 Å². The Balaban J connectivity index is 2.46. The highest BCUT2D eigenvalue weighted by Crippen LogP contribution is 2.22. The molecule has 0 bridgehead atoms. The van der Waals surface area contributed by atoms with Gasteiger partial charge in [-0.2, -0.15) is 0 Å². The monoisotopic (exact) mass is 439 g/mol. The van der Waals surface area contributed by atoms with Gasteiger partial charge in [0.25, 0.3) is 0 Å². The molecule has 0 aliphatic heterocycles. The van der Waals surface area contributed by atoms with Crippen LogP contribution in [0.4, 0.5) is 4.20 Å². The fourth-order valence-electron chi connectivity index (χ4n) is 2.65. The summed E-state index contributed by atoms with van der Waals surface area (Å²) in [4.78, 5) is 24.9. The van der Waals surface area contributed by atoms with Crippen LogP contribution in [0.3, 0.4) is 0 Å². The Morgan fingerprint density at radius 2 is 1.97 bits per heavy atom. The highest BCUT2D eigenvalue weighted by atomic mass is 31.2. The third kappa shape index (κ3) is 11.1. The number of benzene rings is 1. The van der Waals surface area contributed by atoms with Crippen molar-refractivity contribution in [1.29, 1.82) is 5.41 Å². The molecule has 1 aromatic rings. The number of nitrogens with two attached hydrogens (primary N) is 1. The van der Waals surface area contributed by atoms with Crippen LogP contribution in [0.5, 0.6) is 0 Å². The molecule has 1 rings (SSSR count). The minimum atomic E-state index is -1.90. The molecule has 1 unspecified atom stereocenters. The van der Waals surface area contributed by atoms with Gasteiger partial charge in [0.2, 0.25) is 13.5 Å². The van der Waals surface area contributed by atoms with Gasteiger partial charge in [-0.15, -0.1) is 0 Å². The first-order valence-corrected chi connectivity index (χ1v) is 11.6. The van der Waals surface area contributed by atoms with E-state index in [0.29, 0.717) is 25.8 Å². The lowest BCUT2D eigenvalue weighted by Gasteiger charge is -2.21. The molecule has 30 heavy (non-hydrogen) atoms. The molecule has 6 N–H and O–H groups in total. The van der Waals surface area contributed by atoms with Gasteiger partial charge in [-0.3, -0.25) is 10.2 Å². The third-order valence-corrected chi connectivity index (χ3v) is 4.66. The Hall–Kier alpha value is -2.19. The van der Waals surface area contributed by atoms with Gasteiger partial charge in [0.1, 0.15) is 20.9 Å². The van der Waals surface area contributed by atoms with E-state index in [0.717, 1.165) is 5.56 Å². The molecule has 11 heteroatoms. The fraction of sp³-hybridized carbons (Fsp3) is 0.526. The van der Waals surface area contributed by atoms with Crippen molar-refractivity contribution in [3.8, 4) is 0 Å². The predicted octanol–water partition coefficient (Wildman–Crippen LogP) is 1.31. The maximum absolute atomic E-state index is 12.8. The summed E-state index contributed by atoms with van der Waals surface area (Å²) in [6.45, 7) is 4.43. The summed E-state index contributed by atoms with van der Waals surface area (Å²) in [5.41, 5.74) is 6.81. The van der Waals surface area contributed by atoms with E-state index >= 15 is 0 Å². The molecule has 0 aliphatic carbocycles. The first-order chi connectivity index (χ1) is 14.2. The molecule has 0 saturated carbocycles. The summed E-state index contributed by atoms with van der Waals surface area (Å²) in [7, 11) is -0.544. The maximum atomic E-state index is 12.8. The molecular weight excluding hydrogens is 407 g/mol. The van der Waals surface area contributed by atoms with Gasteiger partial charge in [-0.05, 0) is 30.7 Å². The largest absolute Gasteiger partial charge is 0.459 e. The van der Waals surface area contributed by atoms with Crippen LogP contribution in [0.25, 0.3) is 0 Å². The minimum Gasteiger partial charge on any atom is -0.459 e. The highest BCUT2D eigenvalue weighted by molar-refractivity contribution is 7.76. The highest BCUT2D eigenvalue weighted by Gasteiger charge is 2.25. The third-order valence-electron chi connectivity index (χ3n) is 4.13. The van der Waals surface area contributed by atoms with E-state index in [1.165, 1.54) is 7.57 Å². The second-order valence-electron chi connectivity index (χ2n) is 7.42. The Kier molecular flexibility index (Phi) is 12.0. The summed E-state index contributed by atoms with van der Waals surface area (Å²) in [6, 6.07) is 7.76. The van der Waals surface area contributed by atoms with E-state index in [2.05, 4.69) is 15.7 Å². The number of hydrogen-bond donors (Lipinski definition) is 5. The van der Waals surface area contributed by atoms with Gasteiger partial charge in [0, 0.05) is 6.54 Å². The number of carbonyl (C=O) groups is 2. The number of rotatable bonds is 12. The number of esters is 1. The molecule has 0 aliphatic rings. The molecule has 0 radical (unpaired) electrons. The van der Waals surface area contributed by atoms with Crippen LogP contribution >= 0.6 is 8.26 Å². The molecule has 0 aromatic heterocycles. The van der Waals surface area contributed by atoms with Gasteiger partial charge in [-0.25, -0.2) is 8.99 Å². The smallest absolute Gasteiger partial charge is 0.328 e. The Bertz CT molecular complexity index is 681. The van der Waals surface area contributed by atoms with E-state index in [1.807, 2.05) is 44.2 Å². The number of halogens is 1. The maximum Gasteiger partial charge on any atom is 0.328 e. The minimum absolute atomic E-state index is 0.0951. The second-order valence-corrected chi connectivity index (χ2v) is 8.60. The molecule has 1 aromatic carbocycles. The Morgan fingerprint density at radius 3 is 2.57 bits per heavy atom. The molecule has 0 heterocycles. The fourth-order valence-corrected chi connectivity index (χ4v) is 3.04. The Labute approximate surface area is 179 Å². The summed E-state index contributed by atoms with van der Waals surface area (Å²) >= 11 is 0. The van der Waals surface area contributed by atoms with Gasteiger partial charge in [0.15, 0.2) is 5.96 Å². The SMILES string of the molecule is BP(F)NC(=N)NCCC[C@@H](N)C(=O)N[C@@H](CC(C)C)C(=O)OCc1ccccc1. The Morgan fingerprint density at radius 1 is 1.30 bits per heavy atom. The van der Waals surface area contributed by atoms with E-state index < -0.39 is 32.2 Å². The number of guanidine groups is 1. The number of amides is 1. The van der Waals surface area contributed by atoms with Crippen molar-refractivity contribution in [2.24, 2.45) is 11.7 Å². The van der Waals surface area contributed by atoms with E-state index in [9.17, 15) is 13.8 Å². The molecule has 1 amide bonds. The van der Waals surface area contributed by atoms with Crippen molar-refractivity contribution in [3.63, 3.8) is 0 Å². The standard InChI is InChI=1S/C19H32BFN5O3P/c1-13(2)11-16(18(28)29-12-14-7-4-3-5-8-14)25-17(27)15(22)9-6-10-24-19(23)26-30(20)21/h3-5,7-8,13,15-16H,6,9-12,20,22H2,1-2H3,(H,25,27)(H3,23,24,26)/t15-,16+,30?/m1/s1. The summed E-state index contributed by atoms with van der Waals surface area (Å²) in [5.74, 6) is -0.830. The summed E-state index contributed by atoms with van der Waals surface area (Å²) < 4.78 is 18.1. The van der Waals surface area contributed by atoms with Crippen LogP contribution in [0.15, 0.2) is 30.3 Å². The van der Waals surface area contributed by atoms with Crippen molar-refractivity contribution < 1.29 is 18.5 Å². The van der Waals surface area contributed by atoms with E-state index in [-0.39, 0.29) is 18.5 Å². The average molecular weight is 439 g/mol. The molecule has 0 saturated heterocycles. The van der Waals surface area contributed by atoms with E-state index in [4.69, 9.17) is 15.9 Å². The second kappa shape index (κ2) is 13.9. The number of nitrogens with one attached hydrogen (secondary N) is 4. The first kappa shape index (κ1) is 25.9. The number of ether oxygens (including phenoxy) is 1. The zero-order chi connectivity index (χ0) is 22.5. The lowest BCUT2D eigenvalue weighted by Crippen LogP contribution is -2.49. The zero-order valence-corrected chi connectivity index (χ0v) is 18.7. The topological polar surface area (TPSA) is 129 Å². The van der Waals surface area contributed by atoms with Gasteiger partial charge in [0.05, 0.1) is 6.04 Å². The first-order valence-electron chi connectivity index (χ1n) is 9.94. The number of carbonyl (C=O) groups excluding carboxylic acids is 2. The van der Waals surface area contributed by atoms with Gasteiger partial charge < -0.3 is 26.2 Å². The van der Waals surface area contributed by atoms with E-state index in [1.54, 1.807) is 0 Å². The predicted molar refractivity (Wildman–Crippen MR) is 120 cm³/mol. The molecule has 8 nitrogen and oxygen atoms in total. The van der Waals surface area contributed by atoms with Crippen LogP contribution < -0.4 is 21.5 Å². The quantitative estimate of drug-likeness (QED) is 0.0834. The van der Waals surface area contributed by atoms with Gasteiger partial charge >= 0.3 is 5.97 Å². The summed E-state index contributed by atoms with van der Waals surface area (Å²) in [5, 5.41) is 15.2. The van der Waals surface area contributed by atoms with Crippen molar-refractivity contribution >= 4 is 33.7 Å². The molecule has 0 fully saturated rings. The lowest BCUT2D eigenvalue weighted by molar-refractivity contribution is -0.149. The average Bonchev–Trinajstić information content (AvgIpc) is 2.68. The van der Waals surface area contributed by atoms with Crippen molar-refractivity contribution in [1.82, 2.24) is 15.7 Å². The lowest BCUT2D eigenvalue weighted by atomic mass is 10.0. The normalized spacial score (nSPS) is 13.8. The molecular formula is C19H32BFN5O3P. The van der Waals surface area contributed by atoms with Crippen LogP contribution in [-0.2, 0) is 20.9 Å². The molecule has 3 atom stereocenters. The van der Waals surface area contributed by atoms with Crippen LogP contribution in [0.2, 0.25) is 0 Å². The van der Waals surface area contributed by atoms with Crippen LogP contribution in [0, 0.1) is 11.3 Å².